The van der Waals surface area contributed by atoms with Gasteiger partial charge in [0.05, 0.1) is 25.0 Å². The molecule has 27 heavy (non-hydrogen) atoms. The lowest BCUT2D eigenvalue weighted by Gasteiger charge is -2.14. The van der Waals surface area contributed by atoms with Gasteiger partial charge in [-0.2, -0.15) is 0 Å². The Labute approximate surface area is 157 Å². The van der Waals surface area contributed by atoms with E-state index in [1.165, 1.54) is 14.0 Å². The number of nitrogens with one attached hydrogen (secondary N) is 1. The first-order valence-corrected chi connectivity index (χ1v) is 8.56. The van der Waals surface area contributed by atoms with Gasteiger partial charge in [0.15, 0.2) is 6.10 Å². The third kappa shape index (κ3) is 4.19. The van der Waals surface area contributed by atoms with Crippen LogP contribution in [0.25, 0.3) is 0 Å². The molecule has 2 rings (SSSR count). The SMILES string of the molecule is CCOc1ccccc1C(=O)O[C@@H](C)C(=O)c1[nH]c(C)c(C(=O)OC)c1C. The van der Waals surface area contributed by atoms with Gasteiger partial charge in [0, 0.05) is 5.69 Å². The molecule has 0 radical (unpaired) electrons. The monoisotopic (exact) mass is 373 g/mol. The van der Waals surface area contributed by atoms with Crippen molar-refractivity contribution in [2.24, 2.45) is 0 Å². The fourth-order valence-corrected chi connectivity index (χ4v) is 2.80. The van der Waals surface area contributed by atoms with Crippen LogP contribution in [0.5, 0.6) is 5.75 Å². The highest BCUT2D eigenvalue weighted by molar-refractivity contribution is 6.04. The maximum atomic E-state index is 12.7. The van der Waals surface area contributed by atoms with Crippen LogP contribution in [-0.2, 0) is 9.47 Å². The van der Waals surface area contributed by atoms with Crippen molar-refractivity contribution in [2.45, 2.75) is 33.8 Å². The normalized spacial score (nSPS) is 11.6. The zero-order chi connectivity index (χ0) is 20.1. The molecule has 7 heteroatoms. The Balaban J connectivity index is 2.22. The van der Waals surface area contributed by atoms with Gasteiger partial charge >= 0.3 is 11.9 Å². The van der Waals surface area contributed by atoms with Crippen molar-refractivity contribution in [1.29, 1.82) is 0 Å². The van der Waals surface area contributed by atoms with Crippen molar-refractivity contribution in [3.8, 4) is 5.75 Å². The number of carbonyl (C=O) groups excluding carboxylic acids is 3. The number of para-hydroxylation sites is 1. The van der Waals surface area contributed by atoms with Crippen molar-refractivity contribution in [3.63, 3.8) is 0 Å². The smallest absolute Gasteiger partial charge is 0.342 e. The van der Waals surface area contributed by atoms with Crippen LogP contribution in [0.1, 0.15) is 56.3 Å². The molecule has 0 saturated carbocycles. The summed E-state index contributed by atoms with van der Waals surface area (Å²) in [7, 11) is 1.27. The summed E-state index contributed by atoms with van der Waals surface area (Å²) in [6, 6.07) is 6.67. The molecular weight excluding hydrogens is 350 g/mol. The van der Waals surface area contributed by atoms with Crippen LogP contribution in [0.15, 0.2) is 24.3 Å². The number of H-pyrrole nitrogens is 1. The van der Waals surface area contributed by atoms with E-state index in [-0.39, 0.29) is 11.3 Å². The zero-order valence-corrected chi connectivity index (χ0v) is 16.0. The largest absolute Gasteiger partial charge is 0.493 e. The standard InChI is InChI=1S/C20H23NO6/c1-6-26-15-10-8-7-9-14(15)19(23)27-13(4)18(22)17-11(2)16(12(3)21-17)20(24)25-5/h7-10,13,21H,6H2,1-5H3/t13-/m0/s1. The zero-order valence-electron chi connectivity index (χ0n) is 16.0. The molecule has 0 aliphatic rings. The minimum absolute atomic E-state index is 0.214. The number of ketones is 1. The first-order valence-electron chi connectivity index (χ1n) is 8.56. The van der Waals surface area contributed by atoms with Crippen LogP contribution in [0.4, 0.5) is 0 Å². The summed E-state index contributed by atoms with van der Waals surface area (Å²) in [6.07, 6.45) is -1.05. The lowest BCUT2D eigenvalue weighted by molar-refractivity contribution is 0.0313. The molecule has 2 aromatic rings. The Hall–Kier alpha value is -3.09. The predicted octanol–water partition coefficient (Wildman–Crippen LogP) is 3.25. The second-order valence-electron chi connectivity index (χ2n) is 5.96. The van der Waals surface area contributed by atoms with Crippen LogP contribution >= 0.6 is 0 Å². The van der Waals surface area contributed by atoms with E-state index in [4.69, 9.17) is 14.2 Å². The molecule has 1 atom stereocenters. The Bertz CT molecular complexity index is 867. The number of benzene rings is 1. The third-order valence-corrected chi connectivity index (χ3v) is 4.13. The molecule has 1 aromatic carbocycles. The van der Waals surface area contributed by atoms with E-state index in [9.17, 15) is 14.4 Å². The second-order valence-corrected chi connectivity index (χ2v) is 5.96. The van der Waals surface area contributed by atoms with E-state index in [0.717, 1.165) is 0 Å². The van der Waals surface area contributed by atoms with Crippen LogP contribution in [0, 0.1) is 13.8 Å². The van der Waals surface area contributed by atoms with Crippen LogP contribution in [-0.4, -0.2) is 42.5 Å². The van der Waals surface area contributed by atoms with Crippen molar-refractivity contribution in [2.75, 3.05) is 13.7 Å². The van der Waals surface area contributed by atoms with Gasteiger partial charge in [-0.05, 0) is 45.4 Å². The molecule has 1 aromatic heterocycles. The lowest BCUT2D eigenvalue weighted by Crippen LogP contribution is -2.25. The van der Waals surface area contributed by atoms with E-state index in [1.54, 1.807) is 38.1 Å². The Kier molecular flexibility index (Phi) is 6.39. The molecule has 0 spiro atoms. The third-order valence-electron chi connectivity index (χ3n) is 4.13. The maximum absolute atomic E-state index is 12.7. The number of carbonyl (C=O) groups is 3. The summed E-state index contributed by atoms with van der Waals surface area (Å²) in [4.78, 5) is 39.9. The summed E-state index contributed by atoms with van der Waals surface area (Å²) < 4.78 is 15.5. The number of Topliss-reactive ketones (excluding diaryl/α,β-unsaturated/α-hetero) is 1. The molecular formula is C20H23NO6. The molecule has 0 unspecified atom stereocenters. The number of esters is 2. The average molecular weight is 373 g/mol. The molecule has 7 nitrogen and oxygen atoms in total. The van der Waals surface area contributed by atoms with Gasteiger partial charge in [0.25, 0.3) is 0 Å². The summed E-state index contributed by atoms with van der Waals surface area (Å²) in [5.74, 6) is -1.23. The molecule has 0 fully saturated rings. The van der Waals surface area contributed by atoms with Crippen molar-refractivity contribution < 1.29 is 28.6 Å². The van der Waals surface area contributed by atoms with E-state index < -0.39 is 23.8 Å². The number of ether oxygens (including phenoxy) is 3. The van der Waals surface area contributed by atoms with E-state index in [2.05, 4.69) is 4.98 Å². The van der Waals surface area contributed by atoms with Crippen LogP contribution in [0.3, 0.4) is 0 Å². The molecule has 0 aliphatic heterocycles. The predicted molar refractivity (Wildman–Crippen MR) is 98.4 cm³/mol. The average Bonchev–Trinajstić information content (AvgIpc) is 2.95. The minimum Gasteiger partial charge on any atom is -0.493 e. The summed E-state index contributed by atoms with van der Waals surface area (Å²) in [6.45, 7) is 7.00. The van der Waals surface area contributed by atoms with Gasteiger partial charge < -0.3 is 19.2 Å². The van der Waals surface area contributed by atoms with Gasteiger partial charge in [0.2, 0.25) is 5.78 Å². The number of aryl methyl sites for hydroxylation is 1. The van der Waals surface area contributed by atoms with Crippen molar-refractivity contribution in [3.05, 3.63) is 52.3 Å². The molecule has 0 aliphatic carbocycles. The number of hydrogen-bond donors (Lipinski definition) is 1. The van der Waals surface area contributed by atoms with Gasteiger partial charge in [-0.25, -0.2) is 9.59 Å². The molecule has 1 heterocycles. The Morgan fingerprint density at radius 1 is 1.11 bits per heavy atom. The summed E-state index contributed by atoms with van der Waals surface area (Å²) >= 11 is 0. The molecule has 0 bridgehead atoms. The van der Waals surface area contributed by atoms with Gasteiger partial charge in [-0.3, -0.25) is 4.79 Å². The molecule has 1 N–H and O–H groups in total. The first kappa shape index (κ1) is 20.2. The quantitative estimate of drug-likeness (QED) is 0.591. The number of rotatable bonds is 7. The Morgan fingerprint density at radius 2 is 1.78 bits per heavy atom. The number of methoxy groups -OCH3 is 1. The molecule has 144 valence electrons. The minimum atomic E-state index is -1.05. The highest BCUT2D eigenvalue weighted by Gasteiger charge is 2.28. The molecule has 0 saturated heterocycles. The van der Waals surface area contributed by atoms with Crippen LogP contribution < -0.4 is 4.74 Å². The van der Waals surface area contributed by atoms with Crippen molar-refractivity contribution in [1.82, 2.24) is 4.98 Å². The highest BCUT2D eigenvalue weighted by atomic mass is 16.5. The second kappa shape index (κ2) is 8.53. The maximum Gasteiger partial charge on any atom is 0.342 e. The summed E-state index contributed by atoms with van der Waals surface area (Å²) in [5.41, 5.74) is 1.74. The highest BCUT2D eigenvalue weighted by Crippen LogP contribution is 2.23. The fraction of sp³-hybridized carbons (Fsp3) is 0.350. The van der Waals surface area contributed by atoms with E-state index in [0.29, 0.717) is 29.2 Å². The first-order chi connectivity index (χ1) is 12.8. The van der Waals surface area contributed by atoms with Crippen LogP contribution in [0.2, 0.25) is 0 Å². The number of hydrogen-bond acceptors (Lipinski definition) is 6. The number of aromatic amines is 1. The Morgan fingerprint density at radius 3 is 2.41 bits per heavy atom. The van der Waals surface area contributed by atoms with Gasteiger partial charge in [-0.15, -0.1) is 0 Å². The summed E-state index contributed by atoms with van der Waals surface area (Å²) in [5, 5.41) is 0. The topological polar surface area (TPSA) is 94.7 Å². The number of aromatic nitrogens is 1. The van der Waals surface area contributed by atoms with Gasteiger partial charge in [0.1, 0.15) is 11.3 Å². The van der Waals surface area contributed by atoms with Gasteiger partial charge in [-0.1, -0.05) is 12.1 Å². The fourth-order valence-electron chi connectivity index (χ4n) is 2.80. The van der Waals surface area contributed by atoms with E-state index >= 15 is 0 Å². The molecule has 0 amide bonds. The van der Waals surface area contributed by atoms with Crippen molar-refractivity contribution >= 4 is 17.7 Å². The lowest BCUT2D eigenvalue weighted by atomic mass is 10.1. The van der Waals surface area contributed by atoms with E-state index in [1.807, 2.05) is 6.92 Å².